The zero-order valence-electron chi connectivity index (χ0n) is 11.3. The van der Waals surface area contributed by atoms with Crippen molar-refractivity contribution in [3.63, 3.8) is 0 Å². The lowest BCUT2D eigenvalue weighted by Gasteiger charge is -2.39. The second-order valence-corrected chi connectivity index (χ2v) is 5.69. The number of rotatable bonds is 7. The fourth-order valence-corrected chi connectivity index (χ4v) is 3.75. The van der Waals surface area contributed by atoms with E-state index < -0.39 is 0 Å². The molecule has 1 saturated heterocycles. The molecule has 2 nitrogen and oxygen atoms in total. The Morgan fingerprint density at radius 1 is 1.29 bits per heavy atom. The van der Waals surface area contributed by atoms with Crippen LogP contribution in [0.2, 0.25) is 0 Å². The maximum absolute atomic E-state index is 6.14. The van der Waals surface area contributed by atoms with Crippen molar-refractivity contribution in [1.82, 2.24) is 5.32 Å². The van der Waals surface area contributed by atoms with E-state index in [9.17, 15) is 0 Å². The molecule has 0 aromatic rings. The Balaban J connectivity index is 1.97. The molecule has 0 spiro atoms. The van der Waals surface area contributed by atoms with E-state index in [1.165, 1.54) is 44.9 Å². The van der Waals surface area contributed by atoms with Crippen LogP contribution in [0.1, 0.15) is 58.3 Å². The van der Waals surface area contributed by atoms with Gasteiger partial charge in [0.2, 0.25) is 0 Å². The molecular formula is C15H27NO. The largest absolute Gasteiger partial charge is 0.360 e. The summed E-state index contributed by atoms with van der Waals surface area (Å²) in [5.74, 6) is 0. The quantitative estimate of drug-likeness (QED) is 0.539. The molecule has 2 heteroatoms. The van der Waals surface area contributed by atoms with Crippen molar-refractivity contribution in [2.45, 2.75) is 64.0 Å². The van der Waals surface area contributed by atoms with Crippen LogP contribution in [0.15, 0.2) is 12.7 Å². The first-order valence-corrected chi connectivity index (χ1v) is 7.28. The van der Waals surface area contributed by atoms with Crippen LogP contribution >= 0.6 is 0 Å². The molecule has 2 rings (SSSR count). The number of nitrogens with one attached hydrogen (secondary N) is 1. The lowest BCUT2D eigenvalue weighted by atomic mass is 9.76. The minimum absolute atomic E-state index is 0.0189. The molecule has 0 amide bonds. The smallest absolute Gasteiger partial charge is 0.125 e. The first kappa shape index (κ1) is 13.1. The summed E-state index contributed by atoms with van der Waals surface area (Å²) in [7, 11) is 0. The van der Waals surface area contributed by atoms with Crippen molar-refractivity contribution in [3.05, 3.63) is 12.7 Å². The third kappa shape index (κ3) is 2.30. The Morgan fingerprint density at radius 2 is 2.18 bits per heavy atom. The van der Waals surface area contributed by atoms with E-state index in [4.69, 9.17) is 4.74 Å². The molecule has 2 atom stereocenters. The van der Waals surface area contributed by atoms with Crippen LogP contribution in [0.25, 0.3) is 0 Å². The van der Waals surface area contributed by atoms with Gasteiger partial charge in [-0.25, -0.2) is 0 Å². The van der Waals surface area contributed by atoms with Crippen molar-refractivity contribution < 1.29 is 4.74 Å². The molecule has 1 saturated carbocycles. The lowest BCUT2D eigenvalue weighted by Crippen LogP contribution is -2.53. The molecule has 0 bridgehead atoms. The van der Waals surface area contributed by atoms with E-state index >= 15 is 0 Å². The minimum atomic E-state index is -0.0189. The zero-order valence-corrected chi connectivity index (χ0v) is 11.3. The summed E-state index contributed by atoms with van der Waals surface area (Å²) in [5.41, 5.74) is 0.329. The van der Waals surface area contributed by atoms with Crippen LogP contribution in [0.3, 0.4) is 0 Å². The first-order chi connectivity index (χ1) is 8.29. The Bertz CT molecular complexity index is 252. The molecule has 0 aromatic carbocycles. The Morgan fingerprint density at radius 3 is 2.94 bits per heavy atom. The van der Waals surface area contributed by atoms with Crippen LogP contribution in [-0.2, 0) is 4.74 Å². The van der Waals surface area contributed by atoms with Crippen LogP contribution in [0.5, 0.6) is 0 Å². The van der Waals surface area contributed by atoms with Crippen molar-refractivity contribution in [2.24, 2.45) is 5.41 Å². The molecule has 1 aliphatic carbocycles. The van der Waals surface area contributed by atoms with Crippen molar-refractivity contribution in [3.8, 4) is 0 Å². The predicted octanol–water partition coefficient (Wildman–Crippen LogP) is 3.63. The third-order valence-electron chi connectivity index (χ3n) is 4.70. The normalized spacial score (nSPS) is 36.1. The van der Waals surface area contributed by atoms with Gasteiger partial charge in [0, 0.05) is 12.0 Å². The van der Waals surface area contributed by atoms with Gasteiger partial charge in [-0.1, -0.05) is 25.8 Å². The number of hydrogen-bond donors (Lipinski definition) is 1. The summed E-state index contributed by atoms with van der Waals surface area (Å²) in [6.45, 7) is 8.22. The summed E-state index contributed by atoms with van der Waals surface area (Å²) in [4.78, 5) is 0. The molecular weight excluding hydrogens is 210 g/mol. The summed E-state index contributed by atoms with van der Waals surface area (Å²) in [6, 6.07) is 0. The van der Waals surface area contributed by atoms with Gasteiger partial charge in [-0.15, -0.1) is 6.58 Å². The molecule has 2 unspecified atom stereocenters. The molecule has 2 aliphatic rings. The minimum Gasteiger partial charge on any atom is -0.360 e. The van der Waals surface area contributed by atoms with Crippen LogP contribution < -0.4 is 5.32 Å². The van der Waals surface area contributed by atoms with E-state index in [1.54, 1.807) is 0 Å². The van der Waals surface area contributed by atoms with Gasteiger partial charge in [0.05, 0.1) is 0 Å². The molecule has 1 N–H and O–H groups in total. The molecule has 1 aliphatic heterocycles. The van der Waals surface area contributed by atoms with Gasteiger partial charge in [-0.05, 0) is 45.1 Å². The fraction of sp³-hybridized carbons (Fsp3) is 0.867. The Kier molecular flexibility index (Phi) is 4.26. The second kappa shape index (κ2) is 5.53. The van der Waals surface area contributed by atoms with Gasteiger partial charge >= 0.3 is 0 Å². The predicted molar refractivity (Wildman–Crippen MR) is 71.9 cm³/mol. The van der Waals surface area contributed by atoms with E-state index in [0.717, 1.165) is 19.6 Å². The number of unbranched alkanes of at least 4 members (excludes halogenated alkanes) is 2. The number of hydrogen-bond acceptors (Lipinski definition) is 2. The first-order valence-electron chi connectivity index (χ1n) is 7.28. The van der Waals surface area contributed by atoms with Crippen molar-refractivity contribution in [2.75, 3.05) is 13.2 Å². The van der Waals surface area contributed by atoms with Gasteiger partial charge < -0.3 is 4.74 Å². The van der Waals surface area contributed by atoms with Crippen molar-refractivity contribution in [1.29, 1.82) is 0 Å². The molecule has 98 valence electrons. The average molecular weight is 237 g/mol. The monoisotopic (exact) mass is 237 g/mol. The van der Waals surface area contributed by atoms with Gasteiger partial charge in [0.15, 0.2) is 0 Å². The van der Waals surface area contributed by atoms with Crippen molar-refractivity contribution >= 4 is 0 Å². The molecule has 17 heavy (non-hydrogen) atoms. The SMILES string of the molecule is C=CCC12CCCC1(NCCCCC)OCC2. The number of allylic oxidation sites excluding steroid dienone is 1. The van der Waals surface area contributed by atoms with Gasteiger partial charge in [-0.2, -0.15) is 0 Å². The highest BCUT2D eigenvalue weighted by Gasteiger charge is 2.58. The number of ether oxygens (including phenoxy) is 1. The van der Waals surface area contributed by atoms with Gasteiger partial charge in [0.25, 0.3) is 0 Å². The van der Waals surface area contributed by atoms with E-state index in [-0.39, 0.29) is 5.72 Å². The van der Waals surface area contributed by atoms with Crippen LogP contribution in [0, 0.1) is 5.41 Å². The maximum atomic E-state index is 6.14. The topological polar surface area (TPSA) is 21.3 Å². The highest BCUT2D eigenvalue weighted by molar-refractivity contribution is 5.08. The lowest BCUT2D eigenvalue weighted by molar-refractivity contribution is -0.0716. The van der Waals surface area contributed by atoms with E-state index in [1.807, 2.05) is 0 Å². The summed E-state index contributed by atoms with van der Waals surface area (Å²) < 4.78 is 6.14. The summed E-state index contributed by atoms with van der Waals surface area (Å²) in [6.07, 6.45) is 12.1. The third-order valence-corrected chi connectivity index (χ3v) is 4.70. The summed E-state index contributed by atoms with van der Waals surface area (Å²) in [5, 5.41) is 3.75. The molecule has 0 radical (unpaired) electrons. The van der Waals surface area contributed by atoms with E-state index in [2.05, 4.69) is 24.9 Å². The Hall–Kier alpha value is -0.340. The second-order valence-electron chi connectivity index (χ2n) is 5.69. The van der Waals surface area contributed by atoms with E-state index in [0.29, 0.717) is 5.41 Å². The zero-order chi connectivity index (χ0) is 12.2. The highest BCUT2D eigenvalue weighted by Crippen LogP contribution is 2.56. The molecule has 1 heterocycles. The maximum Gasteiger partial charge on any atom is 0.125 e. The van der Waals surface area contributed by atoms with Gasteiger partial charge in [-0.3, -0.25) is 5.32 Å². The van der Waals surface area contributed by atoms with Crippen LogP contribution in [-0.4, -0.2) is 18.9 Å². The van der Waals surface area contributed by atoms with Gasteiger partial charge in [0.1, 0.15) is 5.72 Å². The summed E-state index contributed by atoms with van der Waals surface area (Å²) >= 11 is 0. The van der Waals surface area contributed by atoms with Crippen LogP contribution in [0.4, 0.5) is 0 Å². The molecule has 0 aromatic heterocycles. The standard InChI is InChI=1S/C15H27NO/c1-3-5-6-12-16-15-10-7-9-14(15,8-4-2)11-13-17-15/h4,16H,2-3,5-13H2,1H3. The average Bonchev–Trinajstić information content (AvgIpc) is 2.80. The molecule has 2 fully saturated rings. The highest BCUT2D eigenvalue weighted by atomic mass is 16.5. The Labute approximate surface area is 106 Å². The fourth-order valence-electron chi connectivity index (χ4n) is 3.75. The number of fused-ring (bicyclic) bond motifs is 1.